The van der Waals surface area contributed by atoms with Crippen LogP contribution in [0.2, 0.25) is 0 Å². The number of aromatic hydroxyl groups is 1. The average molecular weight is 373 g/mol. The van der Waals surface area contributed by atoms with Gasteiger partial charge in [-0.1, -0.05) is 36.3 Å². The molecule has 0 fully saturated rings. The molecule has 132 valence electrons. The van der Waals surface area contributed by atoms with Gasteiger partial charge in [-0.3, -0.25) is 0 Å². The SMILES string of the molecule is Oc1ccc(C#Cc2nc(C(F)(F)F)c(CCc3ccccc3)s2)cc1. The Balaban J connectivity index is 1.84. The zero-order valence-corrected chi connectivity index (χ0v) is 14.4. The molecule has 3 rings (SSSR count). The van der Waals surface area contributed by atoms with Gasteiger partial charge in [0, 0.05) is 10.4 Å². The maximum absolute atomic E-state index is 13.3. The number of phenols is 1. The highest BCUT2D eigenvalue weighted by molar-refractivity contribution is 7.12. The Bertz CT molecular complexity index is 935. The summed E-state index contributed by atoms with van der Waals surface area (Å²) in [4.78, 5) is 3.89. The van der Waals surface area contributed by atoms with Crippen LogP contribution in [0.25, 0.3) is 0 Å². The van der Waals surface area contributed by atoms with Gasteiger partial charge in [0.2, 0.25) is 0 Å². The number of halogens is 3. The molecule has 0 unspecified atom stereocenters. The molecule has 0 saturated heterocycles. The van der Waals surface area contributed by atoms with Crippen molar-refractivity contribution in [2.45, 2.75) is 19.0 Å². The van der Waals surface area contributed by atoms with Crippen LogP contribution in [0.15, 0.2) is 54.6 Å². The lowest BCUT2D eigenvalue weighted by Gasteiger charge is -2.06. The molecule has 1 aromatic heterocycles. The van der Waals surface area contributed by atoms with E-state index in [0.29, 0.717) is 12.0 Å². The summed E-state index contributed by atoms with van der Waals surface area (Å²) in [6.45, 7) is 0. The van der Waals surface area contributed by atoms with E-state index in [1.54, 1.807) is 12.1 Å². The van der Waals surface area contributed by atoms with E-state index in [-0.39, 0.29) is 22.1 Å². The lowest BCUT2D eigenvalue weighted by atomic mass is 10.1. The fourth-order valence-electron chi connectivity index (χ4n) is 2.37. The van der Waals surface area contributed by atoms with Crippen LogP contribution in [0.3, 0.4) is 0 Å². The first-order chi connectivity index (χ1) is 12.4. The van der Waals surface area contributed by atoms with Crippen molar-refractivity contribution >= 4 is 11.3 Å². The van der Waals surface area contributed by atoms with Gasteiger partial charge in [0.15, 0.2) is 10.7 Å². The molecule has 0 radical (unpaired) electrons. The third-order valence-electron chi connectivity index (χ3n) is 3.63. The van der Waals surface area contributed by atoms with Crippen molar-refractivity contribution in [3.63, 3.8) is 0 Å². The maximum atomic E-state index is 13.3. The van der Waals surface area contributed by atoms with Gasteiger partial charge in [0.25, 0.3) is 0 Å². The maximum Gasteiger partial charge on any atom is 0.434 e. The number of rotatable bonds is 3. The van der Waals surface area contributed by atoms with Crippen molar-refractivity contribution in [1.82, 2.24) is 4.98 Å². The summed E-state index contributed by atoms with van der Waals surface area (Å²) >= 11 is 0.974. The number of hydrogen-bond acceptors (Lipinski definition) is 3. The number of phenolic OH excluding ortho intramolecular Hbond substituents is 1. The van der Waals surface area contributed by atoms with Gasteiger partial charge in [0.1, 0.15) is 5.75 Å². The van der Waals surface area contributed by atoms with Crippen molar-refractivity contribution in [2.24, 2.45) is 0 Å². The summed E-state index contributed by atoms with van der Waals surface area (Å²) in [5.41, 5.74) is 0.719. The second-order valence-corrected chi connectivity index (χ2v) is 6.65. The number of hydrogen-bond donors (Lipinski definition) is 1. The average Bonchev–Trinajstić information content (AvgIpc) is 3.04. The van der Waals surface area contributed by atoms with Crippen LogP contribution in [0.4, 0.5) is 13.2 Å². The third kappa shape index (κ3) is 4.64. The summed E-state index contributed by atoms with van der Waals surface area (Å²) < 4.78 is 39.8. The number of benzene rings is 2. The van der Waals surface area contributed by atoms with Gasteiger partial charge in [-0.2, -0.15) is 13.2 Å². The van der Waals surface area contributed by atoms with E-state index in [4.69, 9.17) is 0 Å². The summed E-state index contributed by atoms with van der Waals surface area (Å²) in [5.74, 6) is 5.56. The molecule has 0 atom stereocenters. The molecular weight excluding hydrogens is 359 g/mol. The van der Waals surface area contributed by atoms with Crippen LogP contribution in [0.1, 0.15) is 26.7 Å². The third-order valence-corrected chi connectivity index (χ3v) is 4.66. The van der Waals surface area contributed by atoms with E-state index < -0.39 is 11.9 Å². The Labute approximate surface area is 153 Å². The highest BCUT2D eigenvalue weighted by Gasteiger charge is 2.37. The van der Waals surface area contributed by atoms with E-state index in [1.165, 1.54) is 12.1 Å². The van der Waals surface area contributed by atoms with Crippen LogP contribution in [0, 0.1) is 11.8 Å². The van der Waals surface area contributed by atoms with Gasteiger partial charge in [-0.05, 0) is 48.6 Å². The standard InChI is InChI=1S/C20H14F3NOS/c21-20(22,23)19-17(12-8-14-4-2-1-3-5-14)26-18(24-19)13-9-15-6-10-16(25)11-7-15/h1-7,10-11,25H,8,12H2. The van der Waals surface area contributed by atoms with Crippen molar-refractivity contribution in [2.75, 3.05) is 0 Å². The molecule has 1 N–H and O–H groups in total. The van der Waals surface area contributed by atoms with Crippen molar-refractivity contribution in [3.8, 4) is 17.6 Å². The van der Waals surface area contributed by atoms with Crippen LogP contribution >= 0.6 is 11.3 Å². The second-order valence-electron chi connectivity index (χ2n) is 5.57. The Morgan fingerprint density at radius 3 is 2.27 bits per heavy atom. The molecule has 0 bridgehead atoms. The number of thiazole rings is 1. The number of aromatic nitrogens is 1. The molecule has 1 heterocycles. The quantitative estimate of drug-likeness (QED) is 0.652. The molecule has 6 heteroatoms. The van der Waals surface area contributed by atoms with Gasteiger partial charge >= 0.3 is 6.18 Å². The molecule has 0 aliphatic carbocycles. The molecule has 0 spiro atoms. The Hall–Kier alpha value is -2.78. The highest BCUT2D eigenvalue weighted by Crippen LogP contribution is 2.35. The minimum absolute atomic E-state index is 0.104. The second kappa shape index (κ2) is 7.63. The summed E-state index contributed by atoms with van der Waals surface area (Å²) in [6, 6.07) is 15.5. The van der Waals surface area contributed by atoms with Gasteiger partial charge < -0.3 is 5.11 Å². The lowest BCUT2D eigenvalue weighted by molar-refractivity contribution is -0.141. The first-order valence-electron chi connectivity index (χ1n) is 7.84. The molecule has 2 nitrogen and oxygen atoms in total. The Morgan fingerprint density at radius 1 is 0.923 bits per heavy atom. The number of aryl methyl sites for hydroxylation is 2. The largest absolute Gasteiger partial charge is 0.508 e. The van der Waals surface area contributed by atoms with E-state index in [1.807, 2.05) is 30.3 Å². The van der Waals surface area contributed by atoms with Gasteiger partial charge in [0.05, 0.1) is 0 Å². The first-order valence-corrected chi connectivity index (χ1v) is 8.65. The molecule has 26 heavy (non-hydrogen) atoms. The fourth-order valence-corrected chi connectivity index (χ4v) is 3.30. The minimum atomic E-state index is -4.50. The summed E-state index contributed by atoms with van der Waals surface area (Å²) in [5, 5.41) is 9.37. The number of alkyl halides is 3. The molecule has 0 aliphatic heterocycles. The predicted molar refractivity (Wildman–Crippen MR) is 95.1 cm³/mol. The highest BCUT2D eigenvalue weighted by atomic mass is 32.1. The van der Waals surface area contributed by atoms with E-state index in [0.717, 1.165) is 16.9 Å². The van der Waals surface area contributed by atoms with Crippen molar-refractivity contribution < 1.29 is 18.3 Å². The van der Waals surface area contributed by atoms with Gasteiger partial charge in [-0.15, -0.1) is 11.3 Å². The lowest BCUT2D eigenvalue weighted by Crippen LogP contribution is -2.09. The van der Waals surface area contributed by atoms with Crippen molar-refractivity contribution in [1.29, 1.82) is 0 Å². The normalized spacial score (nSPS) is 11.0. The van der Waals surface area contributed by atoms with E-state index >= 15 is 0 Å². The molecular formula is C20H14F3NOS. The van der Waals surface area contributed by atoms with Crippen LogP contribution in [0.5, 0.6) is 5.75 Å². The fraction of sp³-hybridized carbons (Fsp3) is 0.150. The predicted octanol–water partition coefficient (Wildman–Crippen LogP) is 5.05. The van der Waals surface area contributed by atoms with E-state index in [9.17, 15) is 18.3 Å². The first kappa shape index (κ1) is 18.0. The Morgan fingerprint density at radius 2 is 1.62 bits per heavy atom. The molecule has 0 aliphatic rings. The monoisotopic (exact) mass is 373 g/mol. The Kier molecular flexibility index (Phi) is 5.29. The zero-order valence-electron chi connectivity index (χ0n) is 13.5. The zero-order chi connectivity index (χ0) is 18.6. The molecule has 0 saturated carbocycles. The number of nitrogens with zero attached hydrogens (tertiary/aromatic N) is 1. The molecule has 0 amide bonds. The van der Waals surface area contributed by atoms with Crippen LogP contribution < -0.4 is 0 Å². The van der Waals surface area contributed by atoms with Crippen LogP contribution in [-0.2, 0) is 19.0 Å². The smallest absolute Gasteiger partial charge is 0.434 e. The van der Waals surface area contributed by atoms with Crippen molar-refractivity contribution in [3.05, 3.63) is 81.3 Å². The van der Waals surface area contributed by atoms with Gasteiger partial charge in [-0.25, -0.2) is 4.98 Å². The summed E-state index contributed by atoms with van der Waals surface area (Å²) in [7, 11) is 0. The van der Waals surface area contributed by atoms with E-state index in [2.05, 4.69) is 16.8 Å². The minimum Gasteiger partial charge on any atom is -0.508 e. The van der Waals surface area contributed by atoms with Crippen LogP contribution in [-0.4, -0.2) is 10.1 Å². The molecule has 2 aromatic carbocycles. The topological polar surface area (TPSA) is 33.1 Å². The summed E-state index contributed by atoms with van der Waals surface area (Å²) in [6.07, 6.45) is -3.73. The molecule has 3 aromatic rings.